The molecular weight excluding hydrogens is 286 g/mol. The van der Waals surface area contributed by atoms with Gasteiger partial charge in [-0.1, -0.05) is 0 Å². The number of rotatable bonds is 6. The molecule has 1 radical (unpaired) electrons. The van der Waals surface area contributed by atoms with Gasteiger partial charge in [-0.3, -0.25) is 9.69 Å². The Morgan fingerprint density at radius 2 is 1.68 bits per heavy atom. The van der Waals surface area contributed by atoms with Crippen LogP contribution in [0.15, 0.2) is 12.1 Å². The Morgan fingerprint density at radius 3 is 2.09 bits per heavy atom. The first-order chi connectivity index (χ1) is 10.6. The van der Waals surface area contributed by atoms with Gasteiger partial charge in [0.1, 0.15) is 6.04 Å². The fourth-order valence-electron chi connectivity index (χ4n) is 2.69. The summed E-state index contributed by atoms with van der Waals surface area (Å²) in [4.78, 5) is 14.0. The highest BCUT2D eigenvalue weighted by Crippen LogP contribution is 2.40. The van der Waals surface area contributed by atoms with Crippen molar-refractivity contribution >= 4 is 5.91 Å². The summed E-state index contributed by atoms with van der Waals surface area (Å²) < 4.78 is 16.0. The van der Waals surface area contributed by atoms with Crippen LogP contribution in [0.25, 0.3) is 0 Å². The number of amides is 1. The van der Waals surface area contributed by atoms with E-state index in [-0.39, 0.29) is 0 Å². The Kier molecular flexibility index (Phi) is 5.46. The number of carbonyl (C=O) groups is 1. The Hall–Kier alpha value is -1.99. The number of hydrogen-bond donors (Lipinski definition) is 1. The zero-order chi connectivity index (χ0) is 16.1. The molecule has 1 heterocycles. The highest BCUT2D eigenvalue weighted by molar-refractivity contribution is 5.82. The summed E-state index contributed by atoms with van der Waals surface area (Å²) >= 11 is 0. The molecule has 0 aromatic heterocycles. The molecule has 1 aliphatic heterocycles. The minimum Gasteiger partial charge on any atom is -0.493 e. The summed E-state index contributed by atoms with van der Waals surface area (Å²) in [5.74, 6) is 1.09. The van der Waals surface area contributed by atoms with Crippen LogP contribution in [0.2, 0.25) is 0 Å². The van der Waals surface area contributed by atoms with Gasteiger partial charge in [0.2, 0.25) is 11.7 Å². The van der Waals surface area contributed by atoms with Gasteiger partial charge in [-0.2, -0.15) is 0 Å². The van der Waals surface area contributed by atoms with Crippen molar-refractivity contribution in [3.05, 3.63) is 17.7 Å². The quantitative estimate of drug-likeness (QED) is 0.808. The SMILES string of the molecule is COc1cc(C(C(N)=O)N2CC[N]CC2)cc(OC)c1OC. The van der Waals surface area contributed by atoms with E-state index in [2.05, 4.69) is 5.32 Å². The van der Waals surface area contributed by atoms with Crippen LogP contribution < -0.4 is 25.3 Å². The second-order valence-corrected chi connectivity index (χ2v) is 4.97. The van der Waals surface area contributed by atoms with Crippen LogP contribution in [0.4, 0.5) is 0 Å². The number of primary amides is 1. The molecule has 1 fully saturated rings. The van der Waals surface area contributed by atoms with E-state index >= 15 is 0 Å². The minimum atomic E-state index is -0.538. The van der Waals surface area contributed by atoms with Gasteiger partial charge in [0.25, 0.3) is 0 Å². The van der Waals surface area contributed by atoms with Crippen LogP contribution in [0.1, 0.15) is 11.6 Å². The fraction of sp³-hybridized carbons (Fsp3) is 0.533. The molecule has 0 spiro atoms. The number of carbonyl (C=O) groups excluding carboxylic acids is 1. The van der Waals surface area contributed by atoms with Crippen molar-refractivity contribution in [3.8, 4) is 17.2 Å². The first-order valence-corrected chi connectivity index (χ1v) is 7.09. The molecule has 1 aromatic carbocycles. The minimum absolute atomic E-state index is 0.406. The molecule has 121 valence electrons. The molecule has 1 aromatic rings. The molecule has 2 rings (SSSR count). The maximum atomic E-state index is 12.0. The standard InChI is InChI=1S/C15H22N3O4/c1-20-11-8-10(9-12(21-2)14(11)22-3)13(15(16)19)18-6-4-17-5-7-18/h8-9,13H,4-7H2,1-3H3,(H2,16,19). The van der Waals surface area contributed by atoms with Crippen LogP contribution in [0.5, 0.6) is 17.2 Å². The first kappa shape index (κ1) is 16.4. The lowest BCUT2D eigenvalue weighted by Crippen LogP contribution is -2.46. The Morgan fingerprint density at radius 1 is 1.14 bits per heavy atom. The Bertz CT molecular complexity index is 505. The van der Waals surface area contributed by atoms with Crippen LogP contribution in [-0.4, -0.2) is 58.3 Å². The van der Waals surface area contributed by atoms with E-state index in [1.165, 1.54) is 7.11 Å². The second-order valence-electron chi connectivity index (χ2n) is 4.97. The molecule has 0 bridgehead atoms. The lowest BCUT2D eigenvalue weighted by molar-refractivity contribution is -0.123. The zero-order valence-corrected chi connectivity index (χ0v) is 13.2. The number of ether oxygens (including phenoxy) is 3. The second kappa shape index (κ2) is 7.33. The highest BCUT2D eigenvalue weighted by atomic mass is 16.5. The number of piperazine rings is 1. The lowest BCUT2D eigenvalue weighted by Gasteiger charge is -2.33. The van der Waals surface area contributed by atoms with Crippen LogP contribution in [0, 0.1) is 0 Å². The normalized spacial score (nSPS) is 16.9. The van der Waals surface area contributed by atoms with E-state index in [1.807, 2.05) is 4.90 Å². The van der Waals surface area contributed by atoms with Crippen molar-refractivity contribution in [2.75, 3.05) is 47.5 Å². The summed E-state index contributed by atoms with van der Waals surface area (Å²) in [5, 5.41) is 4.29. The van der Waals surface area contributed by atoms with Gasteiger partial charge in [-0.25, -0.2) is 5.32 Å². The molecule has 1 saturated heterocycles. The molecule has 1 atom stereocenters. The number of benzene rings is 1. The molecule has 0 saturated carbocycles. The van der Waals surface area contributed by atoms with E-state index in [0.717, 1.165) is 5.56 Å². The predicted octanol–water partition coefficient (Wildman–Crippen LogP) is 0.159. The van der Waals surface area contributed by atoms with Crippen LogP contribution >= 0.6 is 0 Å². The lowest BCUT2D eigenvalue weighted by atomic mass is 10.0. The van der Waals surface area contributed by atoms with Crippen molar-refractivity contribution in [1.29, 1.82) is 0 Å². The molecule has 1 unspecified atom stereocenters. The Labute approximate surface area is 130 Å². The molecule has 7 heteroatoms. The number of hydrogen-bond acceptors (Lipinski definition) is 5. The van der Waals surface area contributed by atoms with Gasteiger partial charge in [0, 0.05) is 26.2 Å². The summed E-state index contributed by atoms with van der Waals surface area (Å²) in [6, 6.07) is 3.00. The molecule has 2 N–H and O–H groups in total. The van der Waals surface area contributed by atoms with Crippen molar-refractivity contribution < 1.29 is 19.0 Å². The van der Waals surface area contributed by atoms with E-state index < -0.39 is 11.9 Å². The third-order valence-corrected chi connectivity index (χ3v) is 3.73. The Balaban J connectivity index is 2.44. The van der Waals surface area contributed by atoms with Gasteiger partial charge in [0.15, 0.2) is 11.5 Å². The van der Waals surface area contributed by atoms with Crippen molar-refractivity contribution in [3.63, 3.8) is 0 Å². The summed E-state index contributed by atoms with van der Waals surface area (Å²) in [5.41, 5.74) is 6.35. The van der Waals surface area contributed by atoms with E-state index in [0.29, 0.717) is 43.4 Å². The molecule has 1 amide bonds. The van der Waals surface area contributed by atoms with Gasteiger partial charge in [0.05, 0.1) is 21.3 Å². The summed E-state index contributed by atoms with van der Waals surface area (Å²) in [6.07, 6.45) is 0. The van der Waals surface area contributed by atoms with E-state index in [1.54, 1.807) is 26.4 Å². The van der Waals surface area contributed by atoms with Crippen molar-refractivity contribution in [2.45, 2.75) is 6.04 Å². The van der Waals surface area contributed by atoms with Gasteiger partial charge in [-0.05, 0) is 17.7 Å². The molecule has 7 nitrogen and oxygen atoms in total. The largest absolute Gasteiger partial charge is 0.493 e. The maximum Gasteiger partial charge on any atom is 0.239 e. The number of nitrogens with zero attached hydrogens (tertiary/aromatic N) is 2. The topological polar surface area (TPSA) is 88.1 Å². The van der Waals surface area contributed by atoms with Crippen molar-refractivity contribution in [1.82, 2.24) is 10.2 Å². The third kappa shape index (κ3) is 3.26. The zero-order valence-electron chi connectivity index (χ0n) is 13.2. The van der Waals surface area contributed by atoms with E-state index in [4.69, 9.17) is 19.9 Å². The van der Waals surface area contributed by atoms with Gasteiger partial charge in [-0.15, -0.1) is 0 Å². The highest BCUT2D eigenvalue weighted by Gasteiger charge is 2.29. The molecule has 22 heavy (non-hydrogen) atoms. The van der Waals surface area contributed by atoms with Crippen molar-refractivity contribution in [2.24, 2.45) is 5.73 Å². The first-order valence-electron chi connectivity index (χ1n) is 7.09. The van der Waals surface area contributed by atoms with Crippen LogP contribution in [0.3, 0.4) is 0 Å². The maximum absolute atomic E-state index is 12.0. The average molecular weight is 308 g/mol. The molecular formula is C15H22N3O4. The van der Waals surface area contributed by atoms with Gasteiger partial charge < -0.3 is 19.9 Å². The average Bonchev–Trinajstić information content (AvgIpc) is 2.54. The number of methoxy groups -OCH3 is 3. The fourth-order valence-corrected chi connectivity index (χ4v) is 2.69. The third-order valence-electron chi connectivity index (χ3n) is 3.73. The van der Waals surface area contributed by atoms with E-state index in [9.17, 15) is 4.79 Å². The number of nitrogens with two attached hydrogens (primary N) is 1. The monoisotopic (exact) mass is 308 g/mol. The summed E-state index contributed by atoms with van der Waals surface area (Å²) in [6.45, 7) is 2.80. The molecule has 0 aliphatic carbocycles. The molecule has 1 aliphatic rings. The van der Waals surface area contributed by atoms with Crippen LogP contribution in [-0.2, 0) is 4.79 Å². The van der Waals surface area contributed by atoms with Gasteiger partial charge >= 0.3 is 0 Å². The smallest absolute Gasteiger partial charge is 0.239 e. The predicted molar refractivity (Wildman–Crippen MR) is 81.5 cm³/mol. The summed E-state index contributed by atoms with van der Waals surface area (Å²) in [7, 11) is 4.62.